The fraction of sp³-hybridized carbons (Fsp3) is 0.286. The van der Waals surface area contributed by atoms with Crippen LogP contribution in [0.4, 0.5) is 5.69 Å². The summed E-state index contributed by atoms with van der Waals surface area (Å²) in [7, 11) is 0. The van der Waals surface area contributed by atoms with E-state index in [4.69, 9.17) is 4.98 Å². The maximum atomic E-state index is 12.6. The van der Waals surface area contributed by atoms with Crippen LogP contribution in [-0.2, 0) is 11.2 Å². The van der Waals surface area contributed by atoms with Crippen molar-refractivity contribution >= 4 is 44.9 Å². The first-order valence-corrected chi connectivity index (χ1v) is 12.9. The van der Waals surface area contributed by atoms with Gasteiger partial charge in [-0.2, -0.15) is 0 Å². The molecule has 0 atom stereocenters. The predicted octanol–water partition coefficient (Wildman–Crippen LogP) is 8.06. The minimum Gasteiger partial charge on any atom is -0.322 e. The Kier molecular flexibility index (Phi) is 6.64. The number of thiazole rings is 1. The molecule has 170 valence electrons. The first-order chi connectivity index (χ1) is 15.6. The third-order valence-corrected chi connectivity index (χ3v) is 8.00. The van der Waals surface area contributed by atoms with Crippen molar-refractivity contribution in [2.45, 2.75) is 57.0 Å². The van der Waals surface area contributed by atoms with Crippen molar-refractivity contribution in [3.05, 3.63) is 88.0 Å². The van der Waals surface area contributed by atoms with E-state index >= 15 is 0 Å². The first-order valence-electron chi connectivity index (χ1n) is 11.1. The van der Waals surface area contributed by atoms with Crippen molar-refractivity contribution in [3.63, 3.8) is 0 Å². The van der Waals surface area contributed by atoms with E-state index in [-0.39, 0.29) is 11.3 Å². The number of fused-ring (bicyclic) bond motifs is 1. The fourth-order valence-electron chi connectivity index (χ4n) is 3.82. The summed E-state index contributed by atoms with van der Waals surface area (Å²) >= 11 is 3.45. The number of aryl methyl sites for hydroxylation is 3. The van der Waals surface area contributed by atoms with E-state index in [0.29, 0.717) is 5.56 Å². The van der Waals surface area contributed by atoms with E-state index in [0.717, 1.165) is 31.6 Å². The van der Waals surface area contributed by atoms with Crippen molar-refractivity contribution < 1.29 is 4.79 Å². The number of thioether (sulfide) groups is 1. The van der Waals surface area contributed by atoms with Crippen LogP contribution in [0.1, 0.15) is 58.9 Å². The van der Waals surface area contributed by atoms with Gasteiger partial charge in [0.05, 0.1) is 10.2 Å². The lowest BCUT2D eigenvalue weighted by molar-refractivity contribution is 0.102. The number of anilines is 1. The summed E-state index contributed by atoms with van der Waals surface area (Å²) in [5.74, 6) is 0.806. The van der Waals surface area contributed by atoms with Crippen LogP contribution in [0.15, 0.2) is 58.9 Å². The molecule has 1 aromatic heterocycles. The van der Waals surface area contributed by atoms with E-state index in [1.54, 1.807) is 23.1 Å². The molecule has 0 bridgehead atoms. The van der Waals surface area contributed by atoms with Crippen molar-refractivity contribution in [1.29, 1.82) is 0 Å². The van der Waals surface area contributed by atoms with Crippen LogP contribution < -0.4 is 5.32 Å². The second-order valence-corrected chi connectivity index (χ2v) is 11.9. The Hall–Kier alpha value is -2.63. The van der Waals surface area contributed by atoms with Gasteiger partial charge in [-0.1, -0.05) is 62.4 Å². The number of carbonyl (C=O) groups excluding carboxylic acids is 1. The summed E-state index contributed by atoms with van der Waals surface area (Å²) in [6.45, 7) is 13.2. The number of carbonyl (C=O) groups is 1. The van der Waals surface area contributed by atoms with E-state index in [1.807, 2.05) is 49.4 Å². The van der Waals surface area contributed by atoms with Crippen molar-refractivity contribution in [2.24, 2.45) is 0 Å². The maximum Gasteiger partial charge on any atom is 0.255 e. The molecule has 3 aromatic carbocycles. The third kappa shape index (κ3) is 5.48. The second-order valence-electron chi connectivity index (χ2n) is 9.61. The van der Waals surface area contributed by atoms with E-state index in [1.165, 1.54) is 22.3 Å². The molecule has 33 heavy (non-hydrogen) atoms. The van der Waals surface area contributed by atoms with Gasteiger partial charge in [-0.05, 0) is 78.8 Å². The summed E-state index contributed by atoms with van der Waals surface area (Å²) in [6.07, 6.45) is 0. The van der Waals surface area contributed by atoms with E-state index < -0.39 is 0 Å². The monoisotopic (exact) mass is 474 g/mol. The molecule has 5 heteroatoms. The summed E-state index contributed by atoms with van der Waals surface area (Å²) in [5, 5.41) is 3.01. The highest BCUT2D eigenvalue weighted by Crippen LogP contribution is 2.35. The SMILES string of the molecule is Cc1cccc(C(=O)Nc2ccc3nc(SCc4c(C)cc(C(C)(C)C)cc4C)sc3c2)c1. The summed E-state index contributed by atoms with van der Waals surface area (Å²) in [5.41, 5.74) is 9.10. The molecule has 0 aliphatic rings. The number of amides is 1. The van der Waals surface area contributed by atoms with Crippen LogP contribution in [0.25, 0.3) is 10.2 Å². The first kappa shape index (κ1) is 23.5. The molecule has 0 fully saturated rings. The van der Waals surface area contributed by atoms with Gasteiger partial charge in [0, 0.05) is 17.0 Å². The van der Waals surface area contributed by atoms with Gasteiger partial charge in [-0.25, -0.2) is 4.98 Å². The van der Waals surface area contributed by atoms with Crippen LogP contribution in [0.3, 0.4) is 0 Å². The average molecular weight is 475 g/mol. The lowest BCUT2D eigenvalue weighted by atomic mass is 9.84. The zero-order valence-electron chi connectivity index (χ0n) is 20.1. The Morgan fingerprint density at radius 3 is 2.39 bits per heavy atom. The Bertz CT molecular complexity index is 1310. The normalized spacial score (nSPS) is 11.7. The van der Waals surface area contributed by atoms with Gasteiger partial charge in [-0.3, -0.25) is 4.79 Å². The molecular weight excluding hydrogens is 444 g/mol. The molecule has 1 heterocycles. The molecule has 1 amide bonds. The van der Waals surface area contributed by atoms with Gasteiger partial charge in [0.1, 0.15) is 0 Å². The van der Waals surface area contributed by atoms with Crippen LogP contribution in [0, 0.1) is 20.8 Å². The van der Waals surface area contributed by atoms with Crippen molar-refractivity contribution in [1.82, 2.24) is 4.98 Å². The number of benzene rings is 3. The van der Waals surface area contributed by atoms with Crippen molar-refractivity contribution in [2.75, 3.05) is 5.32 Å². The highest BCUT2D eigenvalue weighted by atomic mass is 32.2. The molecule has 0 unspecified atom stereocenters. The summed E-state index contributed by atoms with van der Waals surface area (Å²) in [6, 6.07) is 18.2. The fourth-order valence-corrected chi connectivity index (χ4v) is 6.12. The highest BCUT2D eigenvalue weighted by molar-refractivity contribution is 8.00. The minimum absolute atomic E-state index is 0.0955. The van der Waals surface area contributed by atoms with Crippen LogP contribution in [0.5, 0.6) is 0 Å². The van der Waals surface area contributed by atoms with Crippen LogP contribution in [0.2, 0.25) is 0 Å². The number of hydrogen-bond acceptors (Lipinski definition) is 4. The molecule has 0 aliphatic carbocycles. The number of nitrogens with one attached hydrogen (secondary N) is 1. The van der Waals surface area contributed by atoms with Crippen LogP contribution in [-0.4, -0.2) is 10.9 Å². The zero-order chi connectivity index (χ0) is 23.8. The molecule has 0 saturated carbocycles. The molecule has 0 saturated heterocycles. The van der Waals surface area contributed by atoms with Gasteiger partial charge in [0.25, 0.3) is 5.91 Å². The minimum atomic E-state index is -0.0955. The molecule has 4 aromatic rings. The standard InChI is InChI=1S/C28H30N2OS2/c1-17-8-7-9-20(12-17)26(31)29-22-10-11-24-25(15-22)33-27(30-24)32-16-23-18(2)13-21(14-19(23)3)28(4,5)6/h7-15H,16H2,1-6H3,(H,29,31). The highest BCUT2D eigenvalue weighted by Gasteiger charge is 2.17. The smallest absolute Gasteiger partial charge is 0.255 e. The Balaban J connectivity index is 1.49. The summed E-state index contributed by atoms with van der Waals surface area (Å²) < 4.78 is 2.13. The zero-order valence-corrected chi connectivity index (χ0v) is 21.7. The van der Waals surface area contributed by atoms with Gasteiger partial charge < -0.3 is 5.32 Å². The number of hydrogen-bond donors (Lipinski definition) is 1. The van der Waals surface area contributed by atoms with E-state index in [2.05, 4.69) is 52.1 Å². The third-order valence-electron chi connectivity index (χ3n) is 5.81. The molecule has 1 N–H and O–H groups in total. The lowest BCUT2D eigenvalue weighted by Gasteiger charge is -2.22. The number of aromatic nitrogens is 1. The van der Waals surface area contributed by atoms with Gasteiger partial charge in [0.2, 0.25) is 0 Å². The topological polar surface area (TPSA) is 42.0 Å². The molecule has 3 nitrogen and oxygen atoms in total. The largest absolute Gasteiger partial charge is 0.322 e. The Morgan fingerprint density at radius 2 is 1.73 bits per heavy atom. The van der Waals surface area contributed by atoms with Gasteiger partial charge >= 0.3 is 0 Å². The Labute approximate surface area is 204 Å². The van der Waals surface area contributed by atoms with Gasteiger partial charge in [0.15, 0.2) is 4.34 Å². The molecule has 0 radical (unpaired) electrons. The van der Waals surface area contributed by atoms with Crippen LogP contribution >= 0.6 is 23.1 Å². The molecule has 0 spiro atoms. The molecule has 4 rings (SSSR count). The maximum absolute atomic E-state index is 12.6. The quantitative estimate of drug-likeness (QED) is 0.297. The summed E-state index contributed by atoms with van der Waals surface area (Å²) in [4.78, 5) is 17.4. The molecule has 0 aliphatic heterocycles. The second kappa shape index (κ2) is 9.32. The Morgan fingerprint density at radius 1 is 1.00 bits per heavy atom. The van der Waals surface area contributed by atoms with Crippen molar-refractivity contribution in [3.8, 4) is 0 Å². The van der Waals surface area contributed by atoms with Gasteiger partial charge in [-0.15, -0.1) is 11.3 Å². The number of rotatable bonds is 5. The lowest BCUT2D eigenvalue weighted by Crippen LogP contribution is -2.12. The number of nitrogens with zero attached hydrogens (tertiary/aromatic N) is 1. The van der Waals surface area contributed by atoms with E-state index in [9.17, 15) is 4.79 Å². The average Bonchev–Trinajstić information content (AvgIpc) is 3.14. The molecular formula is C28H30N2OS2. The predicted molar refractivity (Wildman–Crippen MR) is 143 cm³/mol.